The van der Waals surface area contributed by atoms with E-state index in [0.29, 0.717) is 17.0 Å². The van der Waals surface area contributed by atoms with Crippen LogP contribution in [0.5, 0.6) is 5.75 Å². The highest BCUT2D eigenvalue weighted by Gasteiger charge is 2.22. The van der Waals surface area contributed by atoms with Crippen LogP contribution < -0.4 is 14.4 Å². The molecule has 2 rings (SSSR count). The summed E-state index contributed by atoms with van der Waals surface area (Å²) in [4.78, 5) is 12.5. The van der Waals surface area contributed by atoms with Crippen LogP contribution in [0.1, 0.15) is 32.4 Å². The molecule has 0 fully saturated rings. The highest BCUT2D eigenvalue weighted by Crippen LogP contribution is 2.24. The number of amides is 1. The lowest BCUT2D eigenvalue weighted by Crippen LogP contribution is -2.41. The van der Waals surface area contributed by atoms with E-state index in [0.717, 1.165) is 10.6 Å². The number of benzene rings is 2. The summed E-state index contributed by atoms with van der Waals surface area (Å²) in [6, 6.07) is 11.9. The fraction of sp³-hybridized carbons (Fsp3) is 0.350. The first kappa shape index (κ1) is 21.7. The molecule has 152 valence electrons. The first-order chi connectivity index (χ1) is 13.1. The van der Waals surface area contributed by atoms with Crippen molar-refractivity contribution in [2.45, 2.75) is 32.9 Å². The number of sulfonamides is 1. The molecule has 0 aliphatic carbocycles. The van der Waals surface area contributed by atoms with Gasteiger partial charge in [0.05, 0.1) is 24.1 Å². The van der Waals surface area contributed by atoms with Crippen molar-refractivity contribution >= 4 is 21.6 Å². The number of carbonyl (C=O) groups is 1. The maximum Gasteiger partial charge on any atom is 0.241 e. The lowest BCUT2D eigenvalue weighted by atomic mass is 10.1. The Morgan fingerprint density at radius 2 is 1.79 bits per heavy atom. The summed E-state index contributed by atoms with van der Waals surface area (Å²) < 4.78 is 44.2. The fourth-order valence-corrected chi connectivity index (χ4v) is 3.48. The molecule has 0 radical (unpaired) electrons. The van der Waals surface area contributed by atoms with E-state index < -0.39 is 22.0 Å². The number of ether oxygens (including phenoxy) is 1. The van der Waals surface area contributed by atoms with Gasteiger partial charge in [0, 0.05) is 6.07 Å². The third-order valence-electron chi connectivity index (χ3n) is 3.91. The van der Waals surface area contributed by atoms with E-state index in [1.807, 2.05) is 13.8 Å². The average molecular weight is 408 g/mol. The number of nitrogens with zero attached hydrogens (tertiary/aromatic N) is 1. The molecule has 28 heavy (non-hydrogen) atoms. The van der Waals surface area contributed by atoms with Crippen LogP contribution in [0.25, 0.3) is 0 Å². The Hall–Kier alpha value is -2.61. The number of rotatable bonds is 8. The van der Waals surface area contributed by atoms with Gasteiger partial charge in [0.2, 0.25) is 15.9 Å². The van der Waals surface area contributed by atoms with E-state index in [2.05, 4.69) is 5.32 Å². The van der Waals surface area contributed by atoms with Gasteiger partial charge in [0.15, 0.2) is 0 Å². The maximum atomic E-state index is 13.0. The summed E-state index contributed by atoms with van der Waals surface area (Å²) in [5, 5.41) is 2.74. The smallest absolute Gasteiger partial charge is 0.241 e. The minimum Gasteiger partial charge on any atom is -0.491 e. The third-order valence-corrected chi connectivity index (χ3v) is 5.05. The zero-order valence-electron chi connectivity index (χ0n) is 16.3. The average Bonchev–Trinajstić information content (AvgIpc) is 2.59. The Bertz CT molecular complexity index is 914. The van der Waals surface area contributed by atoms with Crippen molar-refractivity contribution in [3.63, 3.8) is 0 Å². The Morgan fingerprint density at radius 1 is 1.14 bits per heavy atom. The molecule has 0 heterocycles. The van der Waals surface area contributed by atoms with E-state index in [1.54, 1.807) is 43.3 Å². The second-order valence-electron chi connectivity index (χ2n) is 6.77. The van der Waals surface area contributed by atoms with Crippen LogP contribution in [0, 0.1) is 5.82 Å². The van der Waals surface area contributed by atoms with Crippen LogP contribution in [0.4, 0.5) is 10.1 Å². The zero-order valence-corrected chi connectivity index (χ0v) is 17.2. The topological polar surface area (TPSA) is 75.7 Å². The van der Waals surface area contributed by atoms with Gasteiger partial charge < -0.3 is 10.1 Å². The molecule has 2 aromatic rings. The van der Waals surface area contributed by atoms with Crippen molar-refractivity contribution in [2.24, 2.45) is 0 Å². The van der Waals surface area contributed by atoms with E-state index in [-0.39, 0.29) is 18.5 Å². The summed E-state index contributed by atoms with van der Waals surface area (Å²) in [7, 11) is -3.70. The number of anilines is 1. The maximum absolute atomic E-state index is 13.0. The van der Waals surface area contributed by atoms with Crippen molar-refractivity contribution in [3.8, 4) is 5.75 Å². The Kier molecular flexibility index (Phi) is 7.01. The highest BCUT2D eigenvalue weighted by molar-refractivity contribution is 7.92. The van der Waals surface area contributed by atoms with Crippen LogP contribution in [-0.4, -0.2) is 33.2 Å². The lowest BCUT2D eigenvalue weighted by Gasteiger charge is -2.24. The van der Waals surface area contributed by atoms with Gasteiger partial charge in [-0.05, 0) is 50.6 Å². The minimum atomic E-state index is -3.70. The monoisotopic (exact) mass is 408 g/mol. The predicted molar refractivity (Wildman–Crippen MR) is 107 cm³/mol. The van der Waals surface area contributed by atoms with Gasteiger partial charge in [-0.15, -0.1) is 0 Å². The molecule has 0 aliphatic heterocycles. The predicted octanol–water partition coefficient (Wildman–Crippen LogP) is 3.26. The van der Waals surface area contributed by atoms with Crippen molar-refractivity contribution in [1.82, 2.24) is 5.32 Å². The van der Waals surface area contributed by atoms with Gasteiger partial charge in [-0.2, -0.15) is 0 Å². The van der Waals surface area contributed by atoms with E-state index in [9.17, 15) is 17.6 Å². The molecule has 0 spiro atoms. The Morgan fingerprint density at radius 3 is 2.36 bits per heavy atom. The molecule has 0 aliphatic rings. The number of nitrogens with one attached hydrogen (secondary N) is 1. The summed E-state index contributed by atoms with van der Waals surface area (Å²) in [6.07, 6.45) is 0.974. The van der Waals surface area contributed by atoms with Gasteiger partial charge in [-0.3, -0.25) is 9.10 Å². The molecule has 1 atom stereocenters. The van der Waals surface area contributed by atoms with E-state index in [1.165, 1.54) is 12.1 Å². The normalized spacial score (nSPS) is 12.5. The summed E-state index contributed by atoms with van der Waals surface area (Å²) >= 11 is 0. The molecule has 1 N–H and O–H groups in total. The number of halogens is 1. The molecule has 8 heteroatoms. The van der Waals surface area contributed by atoms with Gasteiger partial charge >= 0.3 is 0 Å². The van der Waals surface area contributed by atoms with Crippen molar-refractivity contribution in [3.05, 3.63) is 59.9 Å². The molecule has 0 saturated carbocycles. The second-order valence-corrected chi connectivity index (χ2v) is 8.68. The molecule has 1 amide bonds. The zero-order chi connectivity index (χ0) is 20.9. The van der Waals surface area contributed by atoms with Gasteiger partial charge in [-0.1, -0.05) is 18.2 Å². The Labute approximate surface area is 165 Å². The van der Waals surface area contributed by atoms with Crippen LogP contribution >= 0.6 is 0 Å². The lowest BCUT2D eigenvalue weighted by molar-refractivity contribution is -0.120. The number of carbonyl (C=O) groups excluding carboxylic acids is 1. The largest absolute Gasteiger partial charge is 0.491 e. The number of hydrogen-bond acceptors (Lipinski definition) is 4. The third kappa shape index (κ3) is 6.23. The molecule has 0 saturated heterocycles. The van der Waals surface area contributed by atoms with Crippen LogP contribution in [-0.2, 0) is 14.8 Å². The molecular formula is C20H25FN2O4S. The van der Waals surface area contributed by atoms with Gasteiger partial charge in [0.25, 0.3) is 0 Å². The molecular weight excluding hydrogens is 383 g/mol. The van der Waals surface area contributed by atoms with Crippen LogP contribution in [0.15, 0.2) is 48.5 Å². The Balaban J connectivity index is 2.16. The molecule has 2 aromatic carbocycles. The number of hydrogen-bond donors (Lipinski definition) is 1. The molecule has 0 bridgehead atoms. The van der Waals surface area contributed by atoms with Gasteiger partial charge in [0.1, 0.15) is 18.1 Å². The standard InChI is InChI=1S/C20H25FN2O4S/c1-14(2)27-19-7-5-6-18(12-19)23(28(4,25)26)13-20(24)22-15(3)16-8-10-17(21)11-9-16/h5-12,14-15H,13H2,1-4H3,(H,22,24)/t15-/m1/s1. The van der Waals surface area contributed by atoms with Gasteiger partial charge in [-0.25, -0.2) is 12.8 Å². The summed E-state index contributed by atoms with van der Waals surface area (Å²) in [5.41, 5.74) is 1.05. The van der Waals surface area contributed by atoms with Crippen molar-refractivity contribution in [2.75, 3.05) is 17.1 Å². The SMILES string of the molecule is CC(C)Oc1cccc(N(CC(=O)N[C@H](C)c2ccc(F)cc2)S(C)(=O)=O)c1. The molecule has 6 nitrogen and oxygen atoms in total. The van der Waals surface area contributed by atoms with E-state index >= 15 is 0 Å². The van der Waals surface area contributed by atoms with Crippen LogP contribution in [0.3, 0.4) is 0 Å². The minimum absolute atomic E-state index is 0.0678. The van der Waals surface area contributed by atoms with E-state index in [4.69, 9.17) is 4.74 Å². The van der Waals surface area contributed by atoms with Crippen molar-refractivity contribution in [1.29, 1.82) is 0 Å². The fourth-order valence-electron chi connectivity index (χ4n) is 2.64. The first-order valence-electron chi connectivity index (χ1n) is 8.85. The second kappa shape index (κ2) is 9.05. The quantitative estimate of drug-likeness (QED) is 0.728. The first-order valence-corrected chi connectivity index (χ1v) is 10.7. The summed E-state index contributed by atoms with van der Waals surface area (Å²) in [6.45, 7) is 5.10. The van der Waals surface area contributed by atoms with Crippen molar-refractivity contribution < 1.29 is 22.3 Å². The van der Waals surface area contributed by atoms with Crippen LogP contribution in [0.2, 0.25) is 0 Å². The highest BCUT2D eigenvalue weighted by atomic mass is 32.2. The molecule has 0 unspecified atom stereocenters. The molecule has 0 aromatic heterocycles. The summed E-state index contributed by atoms with van der Waals surface area (Å²) in [5.74, 6) is -0.326.